The van der Waals surface area contributed by atoms with Gasteiger partial charge in [-0.25, -0.2) is 19.2 Å². The number of carbonyl (C=O) groups is 4. The summed E-state index contributed by atoms with van der Waals surface area (Å²) < 4.78 is 9.10. The second kappa shape index (κ2) is 6.51. The first-order chi connectivity index (χ1) is 10.4. The van der Waals surface area contributed by atoms with Crippen LogP contribution >= 0.6 is 0 Å². The highest BCUT2D eigenvalue weighted by Gasteiger charge is 2.24. The molecule has 0 aromatic heterocycles. The molecule has 0 aromatic carbocycles. The fourth-order valence-electron chi connectivity index (χ4n) is 2.06. The maximum atomic E-state index is 11.5. The molecule has 116 valence electrons. The van der Waals surface area contributed by atoms with Crippen molar-refractivity contribution in [2.24, 2.45) is 0 Å². The van der Waals surface area contributed by atoms with Crippen LogP contribution < -0.4 is 0 Å². The van der Waals surface area contributed by atoms with Crippen LogP contribution in [0.5, 0.6) is 0 Å². The summed E-state index contributed by atoms with van der Waals surface area (Å²) in [5.74, 6) is -3.34. The zero-order chi connectivity index (χ0) is 16.3. The first-order valence-electron chi connectivity index (χ1n) is 6.96. The van der Waals surface area contributed by atoms with Gasteiger partial charge < -0.3 is 9.47 Å². The molecular formula is C16H16O6. The van der Waals surface area contributed by atoms with Crippen LogP contribution in [-0.2, 0) is 28.7 Å². The summed E-state index contributed by atoms with van der Waals surface area (Å²) in [6.45, 7) is 3.58. The van der Waals surface area contributed by atoms with Gasteiger partial charge in [0.2, 0.25) is 0 Å². The quantitative estimate of drug-likeness (QED) is 0.448. The molecule has 0 radical (unpaired) electrons. The molecule has 0 N–H and O–H groups in total. The average molecular weight is 304 g/mol. The Morgan fingerprint density at radius 3 is 1.32 bits per heavy atom. The third kappa shape index (κ3) is 3.58. The van der Waals surface area contributed by atoms with Crippen LogP contribution in [0.2, 0.25) is 0 Å². The van der Waals surface area contributed by atoms with Crippen LogP contribution in [0.3, 0.4) is 0 Å². The SMILES string of the molecule is CC1=C(C(=O)OC(=O)/C=C\C(=O)OC(=O)C2=C(C)CC2)CC1. The molecule has 0 fully saturated rings. The summed E-state index contributed by atoms with van der Waals surface area (Å²) in [5, 5.41) is 0. The summed E-state index contributed by atoms with van der Waals surface area (Å²) >= 11 is 0. The minimum atomic E-state index is -0.972. The molecular weight excluding hydrogens is 288 g/mol. The lowest BCUT2D eigenvalue weighted by Gasteiger charge is -2.18. The van der Waals surface area contributed by atoms with Crippen molar-refractivity contribution in [3.8, 4) is 0 Å². The van der Waals surface area contributed by atoms with E-state index in [1.807, 2.05) is 0 Å². The Morgan fingerprint density at radius 2 is 1.09 bits per heavy atom. The van der Waals surface area contributed by atoms with Gasteiger partial charge in [0.1, 0.15) is 0 Å². The Kier molecular flexibility index (Phi) is 4.70. The molecule has 0 heterocycles. The third-order valence-corrected chi connectivity index (χ3v) is 3.77. The zero-order valence-electron chi connectivity index (χ0n) is 12.4. The van der Waals surface area contributed by atoms with Gasteiger partial charge in [0, 0.05) is 23.3 Å². The Hall–Kier alpha value is -2.50. The van der Waals surface area contributed by atoms with E-state index in [0.717, 1.165) is 36.1 Å². The Bertz CT molecular complexity index is 592. The second-order valence-corrected chi connectivity index (χ2v) is 5.27. The number of hydrogen-bond donors (Lipinski definition) is 0. The van der Waals surface area contributed by atoms with Crippen molar-refractivity contribution in [3.63, 3.8) is 0 Å². The standard InChI is InChI=1S/C16H16O6/c1-9-3-5-11(9)15(19)21-13(17)7-8-14(18)22-16(20)12-6-4-10(12)2/h7-8H,3-6H2,1-2H3/b8-7-. The molecule has 0 saturated heterocycles. The van der Waals surface area contributed by atoms with Crippen molar-refractivity contribution in [1.29, 1.82) is 0 Å². The summed E-state index contributed by atoms with van der Waals surface area (Å²) in [6, 6.07) is 0. The second-order valence-electron chi connectivity index (χ2n) is 5.27. The topological polar surface area (TPSA) is 86.7 Å². The van der Waals surface area contributed by atoms with Gasteiger partial charge in [-0.1, -0.05) is 11.1 Å². The van der Waals surface area contributed by atoms with Crippen molar-refractivity contribution in [2.75, 3.05) is 0 Å². The van der Waals surface area contributed by atoms with Crippen molar-refractivity contribution in [2.45, 2.75) is 39.5 Å². The van der Waals surface area contributed by atoms with Crippen LogP contribution in [-0.4, -0.2) is 23.9 Å². The highest BCUT2D eigenvalue weighted by Crippen LogP contribution is 2.28. The molecule has 0 aromatic rings. The van der Waals surface area contributed by atoms with Gasteiger partial charge >= 0.3 is 23.9 Å². The van der Waals surface area contributed by atoms with Crippen molar-refractivity contribution < 1.29 is 28.7 Å². The maximum absolute atomic E-state index is 11.5. The number of ether oxygens (including phenoxy) is 2. The molecule has 0 unspecified atom stereocenters. The monoisotopic (exact) mass is 304 g/mol. The smallest absolute Gasteiger partial charge is 0.341 e. The van der Waals surface area contributed by atoms with Crippen molar-refractivity contribution in [1.82, 2.24) is 0 Å². The number of rotatable bonds is 4. The summed E-state index contributed by atoms with van der Waals surface area (Å²) in [5.41, 5.74) is 2.78. The highest BCUT2D eigenvalue weighted by molar-refractivity contribution is 6.04. The van der Waals surface area contributed by atoms with Crippen LogP contribution in [0.1, 0.15) is 39.5 Å². The van der Waals surface area contributed by atoms with Gasteiger partial charge in [0.15, 0.2) is 0 Å². The molecule has 0 aliphatic heterocycles. The third-order valence-electron chi connectivity index (χ3n) is 3.77. The molecule has 6 nitrogen and oxygen atoms in total. The number of carbonyl (C=O) groups excluding carboxylic acids is 4. The zero-order valence-corrected chi connectivity index (χ0v) is 12.4. The van der Waals surface area contributed by atoms with Gasteiger partial charge in [-0.15, -0.1) is 0 Å². The first-order valence-corrected chi connectivity index (χ1v) is 6.96. The van der Waals surface area contributed by atoms with Crippen LogP contribution in [0, 0.1) is 0 Å². The van der Waals surface area contributed by atoms with E-state index in [4.69, 9.17) is 0 Å². The molecule has 0 saturated carbocycles. The molecule has 0 bridgehead atoms. The molecule has 22 heavy (non-hydrogen) atoms. The number of hydrogen-bond acceptors (Lipinski definition) is 6. The van der Waals surface area contributed by atoms with Crippen molar-refractivity contribution >= 4 is 23.9 Å². The van der Waals surface area contributed by atoms with E-state index in [2.05, 4.69) is 9.47 Å². The minimum absolute atomic E-state index is 0.493. The van der Waals surface area contributed by atoms with Gasteiger partial charge in [-0.3, -0.25) is 0 Å². The number of esters is 4. The highest BCUT2D eigenvalue weighted by atomic mass is 16.6. The largest absolute Gasteiger partial charge is 0.386 e. The Labute approximate surface area is 127 Å². The lowest BCUT2D eigenvalue weighted by atomic mass is 9.90. The van der Waals surface area contributed by atoms with Gasteiger partial charge in [0.05, 0.1) is 0 Å². The van der Waals surface area contributed by atoms with Gasteiger partial charge in [-0.05, 0) is 39.5 Å². The van der Waals surface area contributed by atoms with E-state index in [9.17, 15) is 19.2 Å². The summed E-state index contributed by atoms with van der Waals surface area (Å²) in [6.07, 6.45) is 4.35. The van der Waals surface area contributed by atoms with Gasteiger partial charge in [-0.2, -0.15) is 0 Å². The lowest BCUT2D eigenvalue weighted by Crippen LogP contribution is -2.19. The predicted molar refractivity (Wildman–Crippen MR) is 75.2 cm³/mol. The van der Waals surface area contributed by atoms with E-state index in [0.29, 0.717) is 24.0 Å². The Balaban J connectivity index is 1.81. The molecule has 0 atom stereocenters. The van der Waals surface area contributed by atoms with E-state index in [-0.39, 0.29) is 0 Å². The molecule has 0 spiro atoms. The van der Waals surface area contributed by atoms with E-state index in [1.54, 1.807) is 13.8 Å². The average Bonchev–Trinajstić information content (AvgIpc) is 2.41. The van der Waals surface area contributed by atoms with Crippen LogP contribution in [0.4, 0.5) is 0 Å². The van der Waals surface area contributed by atoms with E-state index < -0.39 is 23.9 Å². The fourth-order valence-corrected chi connectivity index (χ4v) is 2.06. The first kappa shape index (κ1) is 15.9. The van der Waals surface area contributed by atoms with Crippen molar-refractivity contribution in [3.05, 3.63) is 34.4 Å². The lowest BCUT2D eigenvalue weighted by molar-refractivity contribution is -0.156. The fraction of sp³-hybridized carbons (Fsp3) is 0.375. The minimum Gasteiger partial charge on any atom is -0.386 e. The maximum Gasteiger partial charge on any atom is 0.341 e. The predicted octanol–water partition coefficient (Wildman–Crippen LogP) is 1.90. The molecule has 2 rings (SSSR count). The van der Waals surface area contributed by atoms with E-state index >= 15 is 0 Å². The number of allylic oxidation sites excluding steroid dienone is 2. The van der Waals surface area contributed by atoms with Crippen LogP contribution in [0.25, 0.3) is 0 Å². The summed E-state index contributed by atoms with van der Waals surface area (Å²) in [4.78, 5) is 45.8. The Morgan fingerprint density at radius 1 is 0.727 bits per heavy atom. The molecule has 0 amide bonds. The van der Waals surface area contributed by atoms with Crippen LogP contribution in [0.15, 0.2) is 34.4 Å². The summed E-state index contributed by atoms with van der Waals surface area (Å²) in [7, 11) is 0. The van der Waals surface area contributed by atoms with E-state index in [1.165, 1.54) is 0 Å². The molecule has 2 aliphatic carbocycles. The normalized spacial score (nSPS) is 17.0. The van der Waals surface area contributed by atoms with Gasteiger partial charge in [0.25, 0.3) is 0 Å². The molecule has 2 aliphatic rings. The molecule has 6 heteroatoms.